The van der Waals surface area contributed by atoms with Gasteiger partial charge in [0.2, 0.25) is 0 Å². The Morgan fingerprint density at radius 3 is 1.71 bits per heavy atom. The third-order valence-corrected chi connectivity index (χ3v) is 4.01. The summed E-state index contributed by atoms with van der Waals surface area (Å²) in [5, 5.41) is 9.66. The van der Waals surface area contributed by atoms with E-state index in [-0.39, 0.29) is 6.10 Å². The molecule has 0 saturated heterocycles. The molecule has 0 spiro atoms. The zero-order valence-corrected chi connectivity index (χ0v) is 14.6. The molecule has 0 aromatic rings. The molecule has 0 aromatic heterocycles. The van der Waals surface area contributed by atoms with Crippen LogP contribution in [0.25, 0.3) is 0 Å². The molecule has 1 nitrogen and oxygen atoms in total. The fourth-order valence-corrected chi connectivity index (χ4v) is 2.55. The summed E-state index contributed by atoms with van der Waals surface area (Å²) in [7, 11) is 0. The van der Waals surface area contributed by atoms with Gasteiger partial charge in [-0.15, -0.1) is 5.92 Å². The van der Waals surface area contributed by atoms with Gasteiger partial charge in [0.15, 0.2) is 0 Å². The average Bonchev–Trinajstić information content (AvgIpc) is 2.48. The number of aliphatic hydroxyl groups is 1. The van der Waals surface area contributed by atoms with E-state index in [1.807, 2.05) is 0 Å². The molecule has 0 bridgehead atoms. The summed E-state index contributed by atoms with van der Waals surface area (Å²) in [6.45, 7) is 4.45. The van der Waals surface area contributed by atoms with Crippen LogP contribution in [0.15, 0.2) is 0 Å². The molecule has 21 heavy (non-hydrogen) atoms. The van der Waals surface area contributed by atoms with Crippen molar-refractivity contribution in [2.24, 2.45) is 0 Å². The normalized spacial score (nSPS) is 12.0. The first-order valence-electron chi connectivity index (χ1n) is 9.47. The molecule has 0 heterocycles. The van der Waals surface area contributed by atoms with Gasteiger partial charge in [-0.05, 0) is 19.3 Å². The van der Waals surface area contributed by atoms with Crippen LogP contribution in [-0.2, 0) is 0 Å². The van der Waals surface area contributed by atoms with E-state index < -0.39 is 0 Å². The Labute approximate surface area is 133 Å². The van der Waals surface area contributed by atoms with Crippen molar-refractivity contribution in [1.29, 1.82) is 0 Å². The molecule has 0 rings (SSSR count). The Hall–Kier alpha value is -0.480. The lowest BCUT2D eigenvalue weighted by Gasteiger charge is -2.02. The lowest BCUT2D eigenvalue weighted by atomic mass is 10.1. The maximum Gasteiger partial charge on any atom is 0.114 e. The highest BCUT2D eigenvalue weighted by atomic mass is 16.3. The number of rotatable bonds is 14. The van der Waals surface area contributed by atoms with Crippen molar-refractivity contribution in [3.05, 3.63) is 0 Å². The van der Waals surface area contributed by atoms with Crippen LogP contribution >= 0.6 is 0 Å². The second-order valence-corrected chi connectivity index (χ2v) is 6.26. The number of aliphatic hydroxyl groups excluding tert-OH is 1. The van der Waals surface area contributed by atoms with E-state index in [0.29, 0.717) is 0 Å². The second kappa shape index (κ2) is 17.6. The molecule has 0 aromatic carbocycles. The fourth-order valence-electron chi connectivity index (χ4n) is 2.55. The molecule has 0 saturated carbocycles. The van der Waals surface area contributed by atoms with Crippen LogP contribution in [-0.4, -0.2) is 11.2 Å². The molecule has 1 atom stereocenters. The van der Waals surface area contributed by atoms with E-state index in [4.69, 9.17) is 0 Å². The molecule has 0 radical (unpaired) electrons. The van der Waals surface area contributed by atoms with Gasteiger partial charge in [-0.3, -0.25) is 0 Å². The highest BCUT2D eigenvalue weighted by Gasteiger charge is 1.97. The lowest BCUT2D eigenvalue weighted by molar-refractivity contribution is 0.217. The largest absolute Gasteiger partial charge is 0.380 e. The Kier molecular flexibility index (Phi) is 17.2. The maximum atomic E-state index is 9.66. The van der Waals surface area contributed by atoms with Gasteiger partial charge in [0.05, 0.1) is 0 Å². The van der Waals surface area contributed by atoms with Crippen molar-refractivity contribution in [2.75, 3.05) is 0 Å². The van der Waals surface area contributed by atoms with Crippen molar-refractivity contribution in [3.63, 3.8) is 0 Å². The van der Waals surface area contributed by atoms with E-state index in [9.17, 15) is 5.11 Å². The third-order valence-electron chi connectivity index (χ3n) is 4.01. The van der Waals surface area contributed by atoms with Crippen molar-refractivity contribution in [2.45, 2.75) is 116 Å². The zero-order valence-electron chi connectivity index (χ0n) is 14.6. The van der Waals surface area contributed by atoms with Crippen LogP contribution in [0.4, 0.5) is 0 Å². The second-order valence-electron chi connectivity index (χ2n) is 6.26. The SMILES string of the molecule is CCCCCCCCCCCCC#CC(O)CCCCC. The fraction of sp³-hybridized carbons (Fsp3) is 0.900. The quantitative estimate of drug-likeness (QED) is 0.297. The van der Waals surface area contributed by atoms with Crippen LogP contribution < -0.4 is 0 Å². The monoisotopic (exact) mass is 294 g/mol. The van der Waals surface area contributed by atoms with Crippen LogP contribution in [0.2, 0.25) is 0 Å². The predicted octanol–water partition coefficient (Wildman–Crippen LogP) is 6.24. The van der Waals surface area contributed by atoms with Gasteiger partial charge in [-0.1, -0.05) is 90.4 Å². The van der Waals surface area contributed by atoms with Crippen LogP contribution in [0.3, 0.4) is 0 Å². The Morgan fingerprint density at radius 1 is 0.667 bits per heavy atom. The van der Waals surface area contributed by atoms with Gasteiger partial charge in [-0.25, -0.2) is 0 Å². The smallest absolute Gasteiger partial charge is 0.114 e. The summed E-state index contributed by atoms with van der Waals surface area (Å²) in [5.74, 6) is 6.12. The Morgan fingerprint density at radius 2 is 1.14 bits per heavy atom. The molecule has 0 amide bonds. The van der Waals surface area contributed by atoms with Gasteiger partial charge >= 0.3 is 0 Å². The lowest BCUT2D eigenvalue weighted by Crippen LogP contribution is -2.01. The maximum absolute atomic E-state index is 9.66. The van der Waals surface area contributed by atoms with E-state index >= 15 is 0 Å². The first-order chi connectivity index (χ1) is 10.3. The summed E-state index contributed by atoms with van der Waals surface area (Å²) in [4.78, 5) is 0. The van der Waals surface area contributed by atoms with E-state index in [1.54, 1.807) is 0 Å². The summed E-state index contributed by atoms with van der Waals surface area (Å²) in [5.41, 5.74) is 0. The summed E-state index contributed by atoms with van der Waals surface area (Å²) >= 11 is 0. The molecule has 1 heteroatoms. The first kappa shape index (κ1) is 20.5. The van der Waals surface area contributed by atoms with Gasteiger partial charge < -0.3 is 5.11 Å². The molecular weight excluding hydrogens is 256 g/mol. The number of hydrogen-bond acceptors (Lipinski definition) is 1. The molecule has 1 unspecified atom stereocenters. The number of unbranched alkanes of at least 4 members (excludes halogenated alkanes) is 12. The highest BCUT2D eigenvalue weighted by molar-refractivity contribution is 5.04. The van der Waals surface area contributed by atoms with Crippen molar-refractivity contribution >= 4 is 0 Å². The highest BCUT2D eigenvalue weighted by Crippen LogP contribution is 2.11. The van der Waals surface area contributed by atoms with Crippen LogP contribution in [0.1, 0.15) is 110 Å². The molecule has 124 valence electrons. The summed E-state index contributed by atoms with van der Waals surface area (Å²) in [6.07, 6.45) is 18.6. The minimum absolute atomic E-state index is 0.389. The molecule has 0 aliphatic heterocycles. The Balaban J connectivity index is 3.21. The predicted molar refractivity (Wildman–Crippen MR) is 94.4 cm³/mol. The minimum Gasteiger partial charge on any atom is -0.380 e. The van der Waals surface area contributed by atoms with E-state index in [2.05, 4.69) is 25.7 Å². The minimum atomic E-state index is -0.389. The van der Waals surface area contributed by atoms with Gasteiger partial charge in [0.1, 0.15) is 6.10 Å². The standard InChI is InChI=1S/C20H38O/c1-3-5-7-8-9-10-11-12-13-14-15-17-19-20(21)18-16-6-4-2/h20-21H,3-16,18H2,1-2H3. The third kappa shape index (κ3) is 17.5. The zero-order chi connectivity index (χ0) is 15.6. The summed E-state index contributed by atoms with van der Waals surface area (Å²) in [6, 6.07) is 0. The van der Waals surface area contributed by atoms with Crippen molar-refractivity contribution in [3.8, 4) is 11.8 Å². The Bertz CT molecular complexity index is 248. The summed E-state index contributed by atoms with van der Waals surface area (Å²) < 4.78 is 0. The van der Waals surface area contributed by atoms with Gasteiger partial charge in [-0.2, -0.15) is 0 Å². The average molecular weight is 295 g/mol. The number of hydrogen-bond donors (Lipinski definition) is 1. The van der Waals surface area contributed by atoms with E-state index in [1.165, 1.54) is 77.0 Å². The topological polar surface area (TPSA) is 20.2 Å². The van der Waals surface area contributed by atoms with E-state index in [0.717, 1.165) is 19.3 Å². The molecule has 0 aliphatic rings. The van der Waals surface area contributed by atoms with Crippen molar-refractivity contribution in [1.82, 2.24) is 0 Å². The molecular formula is C20H38O. The molecule has 0 fully saturated rings. The molecule has 1 N–H and O–H groups in total. The first-order valence-corrected chi connectivity index (χ1v) is 9.47. The van der Waals surface area contributed by atoms with Gasteiger partial charge in [0, 0.05) is 6.42 Å². The van der Waals surface area contributed by atoms with Crippen LogP contribution in [0, 0.1) is 11.8 Å². The van der Waals surface area contributed by atoms with Gasteiger partial charge in [0.25, 0.3) is 0 Å². The van der Waals surface area contributed by atoms with Crippen LogP contribution in [0.5, 0.6) is 0 Å². The van der Waals surface area contributed by atoms with Crippen molar-refractivity contribution < 1.29 is 5.11 Å². The molecule has 0 aliphatic carbocycles.